The summed E-state index contributed by atoms with van der Waals surface area (Å²) in [6.45, 7) is 7.76. The molecule has 0 aliphatic carbocycles. The molecule has 0 radical (unpaired) electrons. The summed E-state index contributed by atoms with van der Waals surface area (Å²) in [6, 6.07) is 13.1. The number of aromatic nitrogens is 2. The fourth-order valence-electron chi connectivity index (χ4n) is 3.73. The highest BCUT2D eigenvalue weighted by Crippen LogP contribution is 2.33. The van der Waals surface area contributed by atoms with Crippen LogP contribution in [-0.2, 0) is 4.79 Å². The zero-order valence-corrected chi connectivity index (χ0v) is 17.8. The molecular weight excluding hydrogens is 382 g/mol. The van der Waals surface area contributed by atoms with Gasteiger partial charge in [0.05, 0.1) is 15.8 Å². The van der Waals surface area contributed by atoms with E-state index >= 15 is 0 Å². The van der Waals surface area contributed by atoms with Crippen LogP contribution in [0.2, 0.25) is 0 Å². The van der Waals surface area contributed by atoms with Gasteiger partial charge in [0.25, 0.3) is 5.56 Å². The summed E-state index contributed by atoms with van der Waals surface area (Å²) in [6.07, 6.45) is 0.469. The number of nitrogens with zero attached hydrogens (tertiary/aromatic N) is 2. The zero-order valence-electron chi connectivity index (χ0n) is 16.9. The van der Waals surface area contributed by atoms with E-state index in [0.717, 1.165) is 37.3 Å². The summed E-state index contributed by atoms with van der Waals surface area (Å²) in [7, 11) is 0. The van der Waals surface area contributed by atoms with Crippen molar-refractivity contribution < 1.29 is 4.79 Å². The first-order valence-corrected chi connectivity index (χ1v) is 10.5. The van der Waals surface area contributed by atoms with Gasteiger partial charge in [-0.15, -0.1) is 11.3 Å². The predicted molar refractivity (Wildman–Crippen MR) is 120 cm³/mol. The van der Waals surface area contributed by atoms with Crippen LogP contribution in [0.5, 0.6) is 0 Å². The second kappa shape index (κ2) is 7.44. The average molecular weight is 406 g/mol. The predicted octanol–water partition coefficient (Wildman–Crippen LogP) is 5.13. The molecule has 6 heteroatoms. The number of thiophene rings is 1. The van der Waals surface area contributed by atoms with Gasteiger partial charge in [0, 0.05) is 15.8 Å². The number of anilines is 1. The molecule has 148 valence electrons. The first-order valence-electron chi connectivity index (χ1n) is 9.69. The van der Waals surface area contributed by atoms with E-state index < -0.39 is 6.04 Å². The molecule has 29 heavy (non-hydrogen) atoms. The molecule has 0 aliphatic heterocycles. The maximum absolute atomic E-state index is 13.4. The van der Waals surface area contributed by atoms with Crippen molar-refractivity contribution in [1.29, 1.82) is 0 Å². The topological polar surface area (TPSA) is 64.0 Å². The van der Waals surface area contributed by atoms with E-state index in [0.29, 0.717) is 11.8 Å². The number of nitrogens with one attached hydrogen (secondary N) is 1. The average Bonchev–Trinajstić information content (AvgIpc) is 3.09. The number of benzene rings is 2. The quantitative estimate of drug-likeness (QED) is 0.512. The van der Waals surface area contributed by atoms with E-state index in [1.54, 1.807) is 11.3 Å². The Kier molecular flexibility index (Phi) is 4.96. The number of amides is 1. The molecule has 2 aromatic carbocycles. The summed E-state index contributed by atoms with van der Waals surface area (Å²) in [5, 5.41) is 9.06. The molecule has 0 saturated heterocycles. The maximum Gasteiger partial charge on any atom is 0.276 e. The van der Waals surface area contributed by atoms with Gasteiger partial charge < -0.3 is 5.32 Å². The second-order valence-electron chi connectivity index (χ2n) is 7.37. The van der Waals surface area contributed by atoms with Crippen LogP contribution < -0.4 is 10.9 Å². The van der Waals surface area contributed by atoms with Crippen LogP contribution in [0.1, 0.15) is 36.2 Å². The smallest absolute Gasteiger partial charge is 0.276 e. The van der Waals surface area contributed by atoms with Crippen LogP contribution in [0.15, 0.2) is 47.3 Å². The Bertz CT molecular complexity index is 1300. The van der Waals surface area contributed by atoms with Crippen LogP contribution >= 0.6 is 11.3 Å². The number of aryl methyl sites for hydroxylation is 3. The number of carbonyl (C=O) groups is 1. The van der Waals surface area contributed by atoms with Crippen LogP contribution in [0.4, 0.5) is 5.69 Å². The lowest BCUT2D eigenvalue weighted by Gasteiger charge is -2.18. The highest BCUT2D eigenvalue weighted by Gasteiger charge is 2.24. The Hall–Kier alpha value is -2.99. The Morgan fingerprint density at radius 1 is 1.17 bits per heavy atom. The fourth-order valence-corrected chi connectivity index (χ4v) is 4.86. The summed E-state index contributed by atoms with van der Waals surface area (Å²) in [5.41, 5.74) is 3.43. The van der Waals surface area contributed by atoms with E-state index in [-0.39, 0.29) is 11.5 Å². The number of rotatable bonds is 4. The zero-order chi connectivity index (χ0) is 20.7. The monoisotopic (exact) mass is 405 g/mol. The molecule has 2 heterocycles. The number of fused-ring (bicyclic) bond motifs is 3. The van der Waals surface area contributed by atoms with Crippen LogP contribution in [0.3, 0.4) is 0 Å². The van der Waals surface area contributed by atoms with Crippen LogP contribution in [-0.4, -0.2) is 15.7 Å². The number of hydrogen-bond donors (Lipinski definition) is 1. The maximum atomic E-state index is 13.4. The lowest BCUT2D eigenvalue weighted by Crippen LogP contribution is -2.35. The molecule has 2 aromatic heterocycles. The Balaban J connectivity index is 1.81. The number of carbonyl (C=O) groups excluding carboxylic acids is 1. The first kappa shape index (κ1) is 19.3. The molecule has 4 rings (SSSR count). The van der Waals surface area contributed by atoms with E-state index in [9.17, 15) is 9.59 Å². The van der Waals surface area contributed by atoms with E-state index in [4.69, 9.17) is 0 Å². The van der Waals surface area contributed by atoms with Crippen molar-refractivity contribution in [2.75, 3.05) is 5.32 Å². The van der Waals surface area contributed by atoms with Crippen molar-refractivity contribution in [2.24, 2.45) is 0 Å². The minimum absolute atomic E-state index is 0.217. The van der Waals surface area contributed by atoms with Gasteiger partial charge in [-0.2, -0.15) is 5.10 Å². The molecule has 1 atom stereocenters. The molecule has 0 aliphatic rings. The van der Waals surface area contributed by atoms with Crippen molar-refractivity contribution in [3.63, 3.8) is 0 Å². The summed E-state index contributed by atoms with van der Waals surface area (Å²) >= 11 is 1.57. The molecular formula is C23H23N3O2S. The van der Waals surface area contributed by atoms with Gasteiger partial charge in [0.1, 0.15) is 6.04 Å². The highest BCUT2D eigenvalue weighted by atomic mass is 32.1. The third-order valence-electron chi connectivity index (χ3n) is 5.23. The molecule has 0 bridgehead atoms. The van der Waals surface area contributed by atoms with Gasteiger partial charge in [-0.1, -0.05) is 42.8 Å². The van der Waals surface area contributed by atoms with Gasteiger partial charge in [-0.3, -0.25) is 9.59 Å². The minimum Gasteiger partial charge on any atom is -0.324 e. The lowest BCUT2D eigenvalue weighted by molar-refractivity contribution is -0.119. The first-order chi connectivity index (χ1) is 13.9. The molecule has 4 aromatic rings. The molecule has 1 unspecified atom stereocenters. The molecule has 1 N–H and O–H groups in total. The van der Waals surface area contributed by atoms with Crippen molar-refractivity contribution in [3.05, 3.63) is 69.6 Å². The molecule has 5 nitrogen and oxygen atoms in total. The van der Waals surface area contributed by atoms with Crippen molar-refractivity contribution >= 4 is 43.1 Å². The van der Waals surface area contributed by atoms with Crippen molar-refractivity contribution in [3.8, 4) is 0 Å². The molecule has 0 saturated carbocycles. The largest absolute Gasteiger partial charge is 0.324 e. The molecule has 0 spiro atoms. The van der Waals surface area contributed by atoms with Crippen molar-refractivity contribution in [1.82, 2.24) is 9.78 Å². The van der Waals surface area contributed by atoms with Crippen LogP contribution in [0, 0.1) is 20.8 Å². The molecule has 1 amide bonds. The Morgan fingerprint density at radius 2 is 1.93 bits per heavy atom. The summed E-state index contributed by atoms with van der Waals surface area (Å²) in [4.78, 5) is 26.4. The van der Waals surface area contributed by atoms with Gasteiger partial charge in [0.15, 0.2) is 0 Å². The van der Waals surface area contributed by atoms with Gasteiger partial charge in [-0.05, 0) is 44.9 Å². The second-order valence-corrected chi connectivity index (χ2v) is 8.42. The standard InChI is InChI=1S/C23H23N3O2S/c1-5-18(22(27)24-17-11-10-13(2)12-14(17)3)26-23(28)20-16-8-6-7-9-19(16)29-21(20)15(4)25-26/h6-12,18H,5H2,1-4H3,(H,24,27). The number of hydrogen-bond acceptors (Lipinski definition) is 4. The lowest BCUT2D eigenvalue weighted by atomic mass is 10.1. The van der Waals surface area contributed by atoms with Gasteiger partial charge in [-0.25, -0.2) is 4.68 Å². The Labute approximate surface area is 173 Å². The van der Waals surface area contributed by atoms with E-state index in [1.807, 2.05) is 70.2 Å². The molecule has 0 fully saturated rings. The Morgan fingerprint density at radius 3 is 2.66 bits per heavy atom. The van der Waals surface area contributed by atoms with Gasteiger partial charge in [0.2, 0.25) is 5.91 Å². The third-order valence-corrected chi connectivity index (χ3v) is 6.51. The summed E-state index contributed by atoms with van der Waals surface area (Å²) in [5.74, 6) is -0.229. The minimum atomic E-state index is -0.676. The third kappa shape index (κ3) is 3.34. The SMILES string of the molecule is CCC(C(=O)Nc1ccc(C)cc1C)n1nc(C)c2sc3ccccc3c2c1=O. The van der Waals surface area contributed by atoms with Crippen LogP contribution in [0.25, 0.3) is 20.2 Å². The fraction of sp³-hybridized carbons (Fsp3) is 0.261. The normalized spacial score (nSPS) is 12.4. The highest BCUT2D eigenvalue weighted by molar-refractivity contribution is 7.26. The van der Waals surface area contributed by atoms with E-state index in [1.165, 1.54) is 4.68 Å². The van der Waals surface area contributed by atoms with E-state index in [2.05, 4.69) is 10.4 Å². The van der Waals surface area contributed by atoms with Crippen molar-refractivity contribution in [2.45, 2.75) is 40.2 Å². The van der Waals surface area contributed by atoms with Gasteiger partial charge >= 0.3 is 0 Å². The summed E-state index contributed by atoms with van der Waals surface area (Å²) < 4.78 is 3.29.